The molecule has 0 saturated heterocycles. The van der Waals surface area contributed by atoms with Gasteiger partial charge in [0.25, 0.3) is 0 Å². The normalized spacial score (nSPS) is 11.9. The van der Waals surface area contributed by atoms with Gasteiger partial charge in [-0.2, -0.15) is 5.26 Å². The van der Waals surface area contributed by atoms with E-state index in [4.69, 9.17) is 21.6 Å². The Morgan fingerprint density at radius 1 is 1.56 bits per heavy atom. The minimum absolute atomic E-state index is 0.410. The molecule has 0 aliphatic rings. The molecule has 0 amide bonds. The zero-order valence-corrected chi connectivity index (χ0v) is 11.0. The third-order valence-corrected chi connectivity index (χ3v) is 2.56. The Hall–Kier alpha value is -2.05. The molecule has 0 heterocycles. The Labute approximate surface area is 112 Å². The second-order valence-corrected chi connectivity index (χ2v) is 3.81. The number of aliphatic imine (C=N–C) groups is 1. The van der Waals surface area contributed by atoms with Gasteiger partial charge in [-0.05, 0) is 18.2 Å². The first-order chi connectivity index (χ1) is 8.67. The molecular weight excluding hydrogens is 248 g/mol. The average Bonchev–Trinajstić information content (AvgIpc) is 2.39. The zero-order chi connectivity index (χ0) is 13.5. The molecule has 1 aromatic carbocycles. The van der Waals surface area contributed by atoms with Gasteiger partial charge in [-0.15, -0.1) is 0 Å². The largest absolute Gasteiger partial charge is 0.496 e. The van der Waals surface area contributed by atoms with Crippen molar-refractivity contribution in [3.8, 4) is 11.8 Å². The third kappa shape index (κ3) is 2.99. The summed E-state index contributed by atoms with van der Waals surface area (Å²) in [6, 6.07) is 7.29. The number of ether oxygens (including phenoxy) is 1. The number of nitriles is 1. The maximum absolute atomic E-state index is 9.13. The monoisotopic (exact) mass is 260 g/mol. The number of rotatable bonds is 4. The maximum Gasteiger partial charge on any atom is 0.126 e. The SMILES string of the molecule is C=C/C(=C(/C#N)C=NC)c1cc(Cl)ccc1OC. The van der Waals surface area contributed by atoms with Gasteiger partial charge in [0.05, 0.1) is 12.7 Å². The highest BCUT2D eigenvalue weighted by Gasteiger charge is 2.11. The molecule has 1 aromatic rings. The van der Waals surface area contributed by atoms with Crippen LogP contribution in [0, 0.1) is 11.3 Å². The number of benzene rings is 1. The van der Waals surface area contributed by atoms with Gasteiger partial charge >= 0.3 is 0 Å². The topological polar surface area (TPSA) is 45.4 Å². The Morgan fingerprint density at radius 3 is 2.78 bits per heavy atom. The van der Waals surface area contributed by atoms with Gasteiger partial charge in [-0.1, -0.05) is 24.3 Å². The summed E-state index contributed by atoms with van der Waals surface area (Å²) < 4.78 is 5.26. The first-order valence-electron chi connectivity index (χ1n) is 5.20. The number of hydrogen-bond acceptors (Lipinski definition) is 3. The lowest BCUT2D eigenvalue weighted by Gasteiger charge is -2.10. The average molecular weight is 261 g/mol. The molecule has 0 unspecified atom stereocenters. The van der Waals surface area contributed by atoms with Crippen LogP contribution in [0.3, 0.4) is 0 Å². The van der Waals surface area contributed by atoms with Crippen LogP contribution in [-0.4, -0.2) is 20.4 Å². The van der Waals surface area contributed by atoms with Crippen LogP contribution in [0.2, 0.25) is 5.02 Å². The van der Waals surface area contributed by atoms with Crippen LogP contribution in [0.5, 0.6) is 5.75 Å². The maximum atomic E-state index is 9.13. The van der Waals surface area contributed by atoms with Crippen molar-refractivity contribution in [2.24, 2.45) is 4.99 Å². The number of halogens is 1. The minimum Gasteiger partial charge on any atom is -0.496 e. The third-order valence-electron chi connectivity index (χ3n) is 2.32. The van der Waals surface area contributed by atoms with E-state index in [1.165, 1.54) is 6.21 Å². The van der Waals surface area contributed by atoms with Crippen molar-refractivity contribution in [3.05, 3.63) is 47.0 Å². The van der Waals surface area contributed by atoms with Crippen LogP contribution in [0.15, 0.2) is 41.4 Å². The molecule has 0 radical (unpaired) electrons. The number of hydrogen-bond donors (Lipinski definition) is 0. The first kappa shape index (κ1) is 14.0. The van der Waals surface area contributed by atoms with Crippen molar-refractivity contribution in [1.82, 2.24) is 0 Å². The summed E-state index contributed by atoms with van der Waals surface area (Å²) in [5.74, 6) is 0.631. The summed E-state index contributed by atoms with van der Waals surface area (Å²) in [5, 5.41) is 9.70. The van der Waals surface area contributed by atoms with E-state index >= 15 is 0 Å². The van der Waals surface area contributed by atoms with Crippen molar-refractivity contribution in [1.29, 1.82) is 5.26 Å². The molecule has 4 heteroatoms. The van der Waals surface area contributed by atoms with Gasteiger partial charge in [0.1, 0.15) is 11.8 Å². The van der Waals surface area contributed by atoms with Gasteiger partial charge in [0.2, 0.25) is 0 Å². The van der Waals surface area contributed by atoms with E-state index in [0.717, 1.165) is 5.56 Å². The second kappa shape index (κ2) is 6.63. The summed E-state index contributed by atoms with van der Waals surface area (Å²) in [6.45, 7) is 3.72. The number of methoxy groups -OCH3 is 1. The van der Waals surface area contributed by atoms with Crippen molar-refractivity contribution >= 4 is 23.4 Å². The summed E-state index contributed by atoms with van der Waals surface area (Å²) in [6.07, 6.45) is 3.08. The van der Waals surface area contributed by atoms with E-state index in [1.54, 1.807) is 38.4 Å². The lowest BCUT2D eigenvalue weighted by molar-refractivity contribution is 0.413. The highest BCUT2D eigenvalue weighted by Crippen LogP contribution is 2.31. The van der Waals surface area contributed by atoms with Gasteiger partial charge in [0.15, 0.2) is 0 Å². The molecule has 0 aromatic heterocycles. The molecule has 0 saturated carbocycles. The predicted octanol–water partition coefficient (Wildman–Crippen LogP) is 3.51. The number of allylic oxidation sites excluding steroid dienone is 3. The summed E-state index contributed by atoms with van der Waals surface area (Å²) >= 11 is 5.97. The fraction of sp³-hybridized carbons (Fsp3) is 0.143. The molecule has 3 nitrogen and oxygen atoms in total. The van der Waals surface area contributed by atoms with Crippen molar-refractivity contribution < 1.29 is 4.74 Å². The van der Waals surface area contributed by atoms with Crippen LogP contribution in [-0.2, 0) is 0 Å². The number of nitrogens with zero attached hydrogens (tertiary/aromatic N) is 2. The Kier molecular flexibility index (Phi) is 5.16. The van der Waals surface area contributed by atoms with E-state index in [0.29, 0.717) is 21.9 Å². The van der Waals surface area contributed by atoms with Crippen LogP contribution < -0.4 is 4.74 Å². The van der Waals surface area contributed by atoms with E-state index in [1.807, 2.05) is 0 Å². The highest BCUT2D eigenvalue weighted by molar-refractivity contribution is 6.30. The molecule has 0 aliphatic heterocycles. The lowest BCUT2D eigenvalue weighted by Crippen LogP contribution is -1.94. The molecule has 0 fully saturated rings. The summed E-state index contributed by atoms with van der Waals surface area (Å²) in [4.78, 5) is 3.85. The van der Waals surface area contributed by atoms with Crippen molar-refractivity contribution in [2.45, 2.75) is 0 Å². The fourth-order valence-electron chi connectivity index (χ4n) is 1.54. The molecule has 0 N–H and O–H groups in total. The van der Waals surface area contributed by atoms with Crippen molar-refractivity contribution in [3.63, 3.8) is 0 Å². The highest BCUT2D eigenvalue weighted by atomic mass is 35.5. The molecule has 18 heavy (non-hydrogen) atoms. The predicted molar refractivity (Wildman–Crippen MR) is 75.2 cm³/mol. The van der Waals surface area contributed by atoms with Gasteiger partial charge in [0, 0.05) is 29.4 Å². The summed E-state index contributed by atoms with van der Waals surface area (Å²) in [7, 11) is 3.17. The quantitative estimate of drug-likeness (QED) is 0.472. The Bertz CT molecular complexity index is 553. The minimum atomic E-state index is 0.410. The molecule has 0 aliphatic carbocycles. The first-order valence-corrected chi connectivity index (χ1v) is 5.58. The Balaban J connectivity index is 3.55. The van der Waals surface area contributed by atoms with Gasteiger partial charge < -0.3 is 4.74 Å². The second-order valence-electron chi connectivity index (χ2n) is 3.38. The molecule has 1 rings (SSSR count). The fourth-order valence-corrected chi connectivity index (χ4v) is 1.72. The molecular formula is C14H13ClN2O. The van der Waals surface area contributed by atoms with E-state index in [9.17, 15) is 0 Å². The zero-order valence-electron chi connectivity index (χ0n) is 10.3. The van der Waals surface area contributed by atoms with E-state index in [2.05, 4.69) is 17.6 Å². The van der Waals surface area contributed by atoms with E-state index < -0.39 is 0 Å². The molecule has 92 valence electrons. The van der Waals surface area contributed by atoms with Gasteiger partial charge in [-0.25, -0.2) is 0 Å². The van der Waals surface area contributed by atoms with Crippen LogP contribution in [0.4, 0.5) is 0 Å². The van der Waals surface area contributed by atoms with Crippen molar-refractivity contribution in [2.75, 3.05) is 14.2 Å². The molecule has 0 bridgehead atoms. The Morgan fingerprint density at radius 2 is 2.28 bits per heavy atom. The van der Waals surface area contributed by atoms with Crippen LogP contribution in [0.1, 0.15) is 5.56 Å². The van der Waals surface area contributed by atoms with Crippen LogP contribution >= 0.6 is 11.6 Å². The molecule has 0 atom stereocenters. The lowest BCUT2D eigenvalue weighted by atomic mass is 10.00. The van der Waals surface area contributed by atoms with Crippen LogP contribution in [0.25, 0.3) is 5.57 Å². The van der Waals surface area contributed by atoms with E-state index in [-0.39, 0.29) is 0 Å². The standard InChI is InChI=1S/C14H13ClN2O/c1-4-12(10(8-16)9-17-2)13-7-11(15)5-6-14(13)18-3/h4-7,9H,1H2,2-3H3/b12-10+,17-9?. The molecule has 0 spiro atoms. The van der Waals surface area contributed by atoms with Gasteiger partial charge in [-0.3, -0.25) is 4.99 Å². The smallest absolute Gasteiger partial charge is 0.126 e. The summed E-state index contributed by atoms with van der Waals surface area (Å²) in [5.41, 5.74) is 1.77.